The molecule has 1 aromatic rings. The third-order valence-electron chi connectivity index (χ3n) is 3.09. The van der Waals surface area contributed by atoms with Gasteiger partial charge in [0.2, 0.25) is 0 Å². The SMILES string of the molecule is Cc1nc(CC(=O)O)nc(C2CCCCC2)n1. The molecule has 0 spiro atoms. The van der Waals surface area contributed by atoms with Gasteiger partial charge < -0.3 is 5.11 Å². The minimum atomic E-state index is -0.898. The molecular weight excluding hydrogens is 218 g/mol. The quantitative estimate of drug-likeness (QED) is 0.865. The largest absolute Gasteiger partial charge is 0.481 e. The van der Waals surface area contributed by atoms with E-state index in [0.717, 1.165) is 18.7 Å². The van der Waals surface area contributed by atoms with Crippen LogP contribution >= 0.6 is 0 Å². The summed E-state index contributed by atoms with van der Waals surface area (Å²) in [5.74, 6) is 1.28. The molecule has 2 rings (SSSR count). The minimum absolute atomic E-state index is 0.122. The van der Waals surface area contributed by atoms with E-state index in [1.54, 1.807) is 6.92 Å². The number of carboxylic acids is 1. The number of aliphatic carboxylic acids is 1. The van der Waals surface area contributed by atoms with Crippen LogP contribution in [0.25, 0.3) is 0 Å². The summed E-state index contributed by atoms with van der Waals surface area (Å²) in [6, 6.07) is 0. The van der Waals surface area contributed by atoms with Gasteiger partial charge in [-0.25, -0.2) is 15.0 Å². The maximum atomic E-state index is 10.7. The molecule has 1 N–H and O–H groups in total. The molecule has 1 fully saturated rings. The molecule has 1 heterocycles. The van der Waals surface area contributed by atoms with Gasteiger partial charge in [0, 0.05) is 5.92 Å². The van der Waals surface area contributed by atoms with Gasteiger partial charge in [-0.05, 0) is 19.8 Å². The fourth-order valence-electron chi connectivity index (χ4n) is 2.32. The third kappa shape index (κ3) is 3.22. The normalized spacial score (nSPS) is 17.0. The molecule has 92 valence electrons. The zero-order valence-electron chi connectivity index (χ0n) is 10.0. The lowest BCUT2D eigenvalue weighted by atomic mass is 9.89. The second-order valence-corrected chi connectivity index (χ2v) is 4.56. The summed E-state index contributed by atoms with van der Waals surface area (Å²) in [7, 11) is 0. The summed E-state index contributed by atoms with van der Waals surface area (Å²) < 4.78 is 0. The summed E-state index contributed by atoms with van der Waals surface area (Å²) in [6.07, 6.45) is 5.80. The van der Waals surface area contributed by atoms with Crippen LogP contribution in [0.1, 0.15) is 55.5 Å². The molecule has 5 nitrogen and oxygen atoms in total. The Balaban J connectivity index is 2.20. The van der Waals surface area contributed by atoms with Crippen molar-refractivity contribution in [2.45, 2.75) is 51.4 Å². The van der Waals surface area contributed by atoms with Gasteiger partial charge in [-0.3, -0.25) is 4.79 Å². The van der Waals surface area contributed by atoms with Gasteiger partial charge in [0.05, 0.1) is 0 Å². The average Bonchev–Trinajstić information content (AvgIpc) is 2.28. The summed E-state index contributed by atoms with van der Waals surface area (Å²) in [5.41, 5.74) is 0. The number of hydrogen-bond donors (Lipinski definition) is 1. The molecule has 17 heavy (non-hydrogen) atoms. The van der Waals surface area contributed by atoms with Crippen LogP contribution in [0.4, 0.5) is 0 Å². The Labute approximate surface area is 100 Å². The van der Waals surface area contributed by atoms with E-state index in [1.165, 1.54) is 19.3 Å². The van der Waals surface area contributed by atoms with Crippen molar-refractivity contribution in [1.29, 1.82) is 0 Å². The molecule has 0 bridgehead atoms. The van der Waals surface area contributed by atoms with Gasteiger partial charge in [0.1, 0.15) is 23.9 Å². The van der Waals surface area contributed by atoms with E-state index < -0.39 is 5.97 Å². The van der Waals surface area contributed by atoms with Crippen molar-refractivity contribution in [3.05, 3.63) is 17.5 Å². The number of aryl methyl sites for hydroxylation is 1. The average molecular weight is 235 g/mol. The van der Waals surface area contributed by atoms with E-state index in [-0.39, 0.29) is 6.42 Å². The molecule has 5 heteroatoms. The molecular formula is C12H17N3O2. The van der Waals surface area contributed by atoms with Crippen molar-refractivity contribution in [1.82, 2.24) is 15.0 Å². The third-order valence-corrected chi connectivity index (χ3v) is 3.09. The monoisotopic (exact) mass is 235 g/mol. The molecule has 0 radical (unpaired) electrons. The summed E-state index contributed by atoms with van der Waals surface area (Å²) in [6.45, 7) is 1.79. The number of carboxylic acid groups (broad SMARTS) is 1. The van der Waals surface area contributed by atoms with Gasteiger partial charge >= 0.3 is 5.97 Å². The standard InChI is InChI=1S/C12H17N3O2/c1-8-13-10(7-11(16)17)15-12(14-8)9-5-3-2-4-6-9/h9H,2-7H2,1H3,(H,16,17). The van der Waals surface area contributed by atoms with Crippen LogP contribution in [0.5, 0.6) is 0 Å². The molecule has 0 aromatic carbocycles. The first-order chi connectivity index (χ1) is 8.15. The van der Waals surface area contributed by atoms with Crippen molar-refractivity contribution in [3.63, 3.8) is 0 Å². The highest BCUT2D eigenvalue weighted by Gasteiger charge is 2.19. The van der Waals surface area contributed by atoms with Gasteiger partial charge in [0.15, 0.2) is 0 Å². The van der Waals surface area contributed by atoms with Gasteiger partial charge in [-0.2, -0.15) is 0 Å². The summed E-state index contributed by atoms with van der Waals surface area (Å²) in [5, 5.41) is 8.76. The number of rotatable bonds is 3. The first-order valence-corrected chi connectivity index (χ1v) is 6.08. The Morgan fingerprint density at radius 2 is 1.94 bits per heavy atom. The predicted molar refractivity (Wildman–Crippen MR) is 61.7 cm³/mol. The zero-order valence-corrected chi connectivity index (χ0v) is 10.0. The Bertz CT molecular complexity index is 414. The van der Waals surface area contributed by atoms with Crippen LogP contribution in [-0.4, -0.2) is 26.0 Å². The Hall–Kier alpha value is -1.52. The summed E-state index contributed by atoms with van der Waals surface area (Å²) in [4.78, 5) is 23.4. The number of nitrogens with zero attached hydrogens (tertiary/aromatic N) is 3. The maximum Gasteiger partial charge on any atom is 0.311 e. The lowest BCUT2D eigenvalue weighted by molar-refractivity contribution is -0.136. The van der Waals surface area contributed by atoms with E-state index >= 15 is 0 Å². The highest BCUT2D eigenvalue weighted by molar-refractivity contribution is 5.68. The molecule has 0 unspecified atom stereocenters. The molecule has 0 saturated heterocycles. The van der Waals surface area contributed by atoms with E-state index in [9.17, 15) is 4.79 Å². The molecule has 1 aliphatic carbocycles. The first kappa shape index (κ1) is 12.0. The second-order valence-electron chi connectivity index (χ2n) is 4.56. The fourth-order valence-corrected chi connectivity index (χ4v) is 2.32. The Morgan fingerprint density at radius 1 is 1.24 bits per heavy atom. The highest BCUT2D eigenvalue weighted by Crippen LogP contribution is 2.30. The second kappa shape index (κ2) is 5.21. The van der Waals surface area contributed by atoms with Crippen molar-refractivity contribution in [2.24, 2.45) is 0 Å². The summed E-state index contributed by atoms with van der Waals surface area (Å²) >= 11 is 0. The zero-order chi connectivity index (χ0) is 12.3. The lowest BCUT2D eigenvalue weighted by Crippen LogP contribution is -2.14. The van der Waals surface area contributed by atoms with Crippen molar-refractivity contribution < 1.29 is 9.90 Å². The molecule has 1 saturated carbocycles. The van der Waals surface area contributed by atoms with Gasteiger partial charge in [-0.15, -0.1) is 0 Å². The first-order valence-electron chi connectivity index (χ1n) is 6.08. The number of hydrogen-bond acceptors (Lipinski definition) is 4. The number of carbonyl (C=O) groups is 1. The topological polar surface area (TPSA) is 76.0 Å². The van der Waals surface area contributed by atoms with E-state index in [4.69, 9.17) is 5.11 Å². The Morgan fingerprint density at radius 3 is 2.59 bits per heavy atom. The minimum Gasteiger partial charge on any atom is -0.481 e. The van der Waals surface area contributed by atoms with Crippen molar-refractivity contribution in [3.8, 4) is 0 Å². The molecule has 1 aromatic heterocycles. The van der Waals surface area contributed by atoms with Crippen LogP contribution in [-0.2, 0) is 11.2 Å². The van der Waals surface area contributed by atoms with E-state index in [1.807, 2.05) is 0 Å². The molecule has 0 amide bonds. The van der Waals surface area contributed by atoms with Crippen LogP contribution in [0.15, 0.2) is 0 Å². The lowest BCUT2D eigenvalue weighted by Gasteiger charge is -2.20. The van der Waals surface area contributed by atoms with E-state index in [2.05, 4.69) is 15.0 Å². The molecule has 1 aliphatic rings. The Kier molecular flexibility index (Phi) is 3.66. The van der Waals surface area contributed by atoms with Crippen LogP contribution in [0.2, 0.25) is 0 Å². The van der Waals surface area contributed by atoms with E-state index in [0.29, 0.717) is 17.6 Å². The maximum absolute atomic E-state index is 10.7. The van der Waals surface area contributed by atoms with Crippen molar-refractivity contribution in [2.75, 3.05) is 0 Å². The smallest absolute Gasteiger partial charge is 0.311 e. The van der Waals surface area contributed by atoms with Gasteiger partial charge in [-0.1, -0.05) is 19.3 Å². The van der Waals surface area contributed by atoms with Crippen LogP contribution < -0.4 is 0 Å². The highest BCUT2D eigenvalue weighted by atomic mass is 16.4. The number of aromatic nitrogens is 3. The van der Waals surface area contributed by atoms with Crippen molar-refractivity contribution >= 4 is 5.97 Å². The molecule has 0 aliphatic heterocycles. The fraction of sp³-hybridized carbons (Fsp3) is 0.667. The molecule has 0 atom stereocenters. The van der Waals surface area contributed by atoms with Crippen LogP contribution in [0.3, 0.4) is 0 Å². The predicted octanol–water partition coefficient (Wildman–Crippen LogP) is 1.85. The van der Waals surface area contributed by atoms with Gasteiger partial charge in [0.25, 0.3) is 0 Å². The van der Waals surface area contributed by atoms with Crippen LogP contribution in [0, 0.1) is 6.92 Å².